The van der Waals surface area contributed by atoms with E-state index in [9.17, 15) is 17.8 Å². The number of aromatic amines is 1. The van der Waals surface area contributed by atoms with Gasteiger partial charge in [0.05, 0.1) is 16.6 Å². The Balaban J connectivity index is 1.02. The van der Waals surface area contributed by atoms with Crippen molar-refractivity contribution in [3.05, 3.63) is 131 Å². The summed E-state index contributed by atoms with van der Waals surface area (Å²) >= 11 is 0. The molecule has 0 saturated heterocycles. The van der Waals surface area contributed by atoms with Crippen LogP contribution < -0.4 is 20.7 Å². The van der Waals surface area contributed by atoms with Gasteiger partial charge in [-0.05, 0) is 101 Å². The number of nitrogens with zero attached hydrogens (tertiary/aromatic N) is 5. The zero-order valence-electron chi connectivity index (χ0n) is 35.0. The molecule has 3 aromatic carbocycles. The molecular formula is C46H53N8O5S+. The van der Waals surface area contributed by atoms with E-state index in [0.717, 1.165) is 34.6 Å². The van der Waals surface area contributed by atoms with Crippen molar-refractivity contribution in [2.45, 2.75) is 89.7 Å². The number of ether oxygens (including phenoxy) is 1. The molecule has 5 N–H and O–H groups in total. The second-order valence-electron chi connectivity index (χ2n) is 16.0. The Bertz CT molecular complexity index is 2680. The van der Waals surface area contributed by atoms with Crippen LogP contribution in [0, 0.1) is 6.92 Å². The Morgan fingerprint density at radius 1 is 1.00 bits per heavy atom. The van der Waals surface area contributed by atoms with E-state index < -0.39 is 15.5 Å². The Labute approximate surface area is 351 Å². The van der Waals surface area contributed by atoms with Crippen LogP contribution in [0.15, 0.2) is 108 Å². The van der Waals surface area contributed by atoms with E-state index in [1.807, 2.05) is 36.4 Å². The first-order valence-corrected chi connectivity index (χ1v) is 21.7. The number of allylic oxidation sites excluding steroid dienone is 6. The van der Waals surface area contributed by atoms with Gasteiger partial charge in [-0.15, -0.1) is 0 Å². The molecule has 0 radical (unpaired) electrons. The van der Waals surface area contributed by atoms with Crippen LogP contribution in [-0.2, 0) is 38.9 Å². The number of nitrogens with one attached hydrogen (secondary N) is 2. The standard InChI is InChI=1S/C46H52N8O5S/c1-7-53-36-22-16-30(3)25-34(36)45(4,5)38(53)13-10-9-11-14-39-46(6,35-26-33(60(56,57)58)21-23-37(35)54(39)8-2)24-12-15-40(55)48-27-31-17-19-32(20-18-31)28-59-43-41-42(50-29-49-41)51-44(47)52-43/h9-11,13-14,16-23,25-26,29H,7-8,12,15,24,27-28H2,1-6H3,(H4-,47,48,49,50,51,52,55,56,57,58)/p+1. The number of carbonyl (C=O) groups is 1. The first kappa shape index (κ1) is 42.0. The molecule has 14 heteroatoms. The molecule has 0 fully saturated rings. The molecule has 5 aromatic rings. The fourth-order valence-corrected chi connectivity index (χ4v) is 9.01. The van der Waals surface area contributed by atoms with Gasteiger partial charge < -0.3 is 25.7 Å². The molecule has 4 heterocycles. The summed E-state index contributed by atoms with van der Waals surface area (Å²) in [5.41, 5.74) is 15.6. The van der Waals surface area contributed by atoms with Crippen LogP contribution >= 0.6 is 0 Å². The first-order chi connectivity index (χ1) is 28.6. The molecule has 0 spiro atoms. The number of imidazole rings is 1. The van der Waals surface area contributed by atoms with Crippen LogP contribution in [0.25, 0.3) is 11.2 Å². The number of amides is 1. The number of hydrogen-bond donors (Lipinski definition) is 4. The summed E-state index contributed by atoms with van der Waals surface area (Å²) in [7, 11) is -4.43. The van der Waals surface area contributed by atoms with Gasteiger partial charge in [0, 0.05) is 54.0 Å². The minimum atomic E-state index is -4.43. The lowest BCUT2D eigenvalue weighted by Crippen LogP contribution is -2.29. The van der Waals surface area contributed by atoms with Gasteiger partial charge in [0.1, 0.15) is 13.2 Å². The van der Waals surface area contributed by atoms with Crippen LogP contribution in [0.5, 0.6) is 5.88 Å². The van der Waals surface area contributed by atoms with E-state index in [1.165, 1.54) is 34.9 Å². The van der Waals surface area contributed by atoms with Gasteiger partial charge in [-0.2, -0.15) is 23.0 Å². The number of hydrogen-bond acceptors (Lipinski definition) is 9. The summed E-state index contributed by atoms with van der Waals surface area (Å²) in [6, 6.07) is 19.2. The molecule has 2 aliphatic heterocycles. The van der Waals surface area contributed by atoms with E-state index in [-0.39, 0.29) is 35.2 Å². The summed E-state index contributed by atoms with van der Waals surface area (Å²) in [6.07, 6.45) is 13.3. The third-order valence-electron chi connectivity index (χ3n) is 11.7. The van der Waals surface area contributed by atoms with Gasteiger partial charge in [-0.1, -0.05) is 54.1 Å². The fraction of sp³-hybridized carbons (Fsp3) is 0.326. The minimum absolute atomic E-state index is 0.0887. The van der Waals surface area contributed by atoms with E-state index in [2.05, 4.69) is 113 Å². The molecule has 0 aliphatic carbocycles. The molecule has 7 rings (SSSR count). The summed E-state index contributed by atoms with van der Waals surface area (Å²) in [5.74, 6) is 0.297. The topological polar surface area (TPSA) is 179 Å². The maximum Gasteiger partial charge on any atom is 0.294 e. The first-order valence-electron chi connectivity index (χ1n) is 20.3. The normalized spacial score (nSPS) is 18.0. The smallest absolute Gasteiger partial charge is 0.294 e. The lowest BCUT2D eigenvalue weighted by atomic mass is 9.77. The predicted octanol–water partition coefficient (Wildman–Crippen LogP) is 7.75. The van der Waals surface area contributed by atoms with Gasteiger partial charge in [0.25, 0.3) is 10.1 Å². The van der Waals surface area contributed by atoms with Crippen molar-refractivity contribution in [1.82, 2.24) is 25.3 Å². The number of aromatic nitrogens is 4. The number of H-pyrrole nitrogens is 1. The number of fused-ring (bicyclic) bond motifs is 3. The molecule has 0 saturated carbocycles. The number of anilines is 2. The summed E-state index contributed by atoms with van der Waals surface area (Å²) < 4.78 is 42.8. The van der Waals surface area contributed by atoms with E-state index in [0.29, 0.717) is 43.0 Å². The van der Waals surface area contributed by atoms with Crippen LogP contribution in [0.1, 0.15) is 81.7 Å². The Morgan fingerprint density at radius 3 is 2.50 bits per heavy atom. The van der Waals surface area contributed by atoms with Crippen molar-refractivity contribution in [2.75, 3.05) is 23.7 Å². The molecule has 13 nitrogen and oxygen atoms in total. The number of nitrogens with two attached hydrogens (primary N) is 1. The average molecular weight is 830 g/mol. The van der Waals surface area contributed by atoms with Crippen molar-refractivity contribution in [3.63, 3.8) is 0 Å². The van der Waals surface area contributed by atoms with Crippen molar-refractivity contribution in [3.8, 4) is 5.88 Å². The van der Waals surface area contributed by atoms with Crippen LogP contribution in [0.3, 0.4) is 0 Å². The highest BCUT2D eigenvalue weighted by Gasteiger charge is 2.44. The van der Waals surface area contributed by atoms with Crippen LogP contribution in [0.2, 0.25) is 0 Å². The molecule has 1 unspecified atom stereocenters. The maximum atomic E-state index is 13.2. The number of rotatable bonds is 15. The molecule has 1 amide bonds. The minimum Gasteiger partial charge on any atom is -0.471 e. The van der Waals surface area contributed by atoms with Gasteiger partial charge >= 0.3 is 0 Å². The molecule has 60 heavy (non-hydrogen) atoms. The Morgan fingerprint density at radius 2 is 1.77 bits per heavy atom. The number of aryl methyl sites for hydroxylation is 1. The number of benzene rings is 3. The molecule has 312 valence electrons. The van der Waals surface area contributed by atoms with Crippen molar-refractivity contribution >= 4 is 50.2 Å². The van der Waals surface area contributed by atoms with Crippen molar-refractivity contribution in [2.24, 2.45) is 0 Å². The van der Waals surface area contributed by atoms with Gasteiger partial charge in [0.15, 0.2) is 16.9 Å². The van der Waals surface area contributed by atoms with Crippen LogP contribution in [0.4, 0.5) is 17.3 Å². The van der Waals surface area contributed by atoms with E-state index >= 15 is 0 Å². The molecule has 2 aromatic heterocycles. The number of likely N-dealkylation sites (N-methyl/N-ethyl adjacent to an activating group) is 1. The van der Waals surface area contributed by atoms with Crippen molar-refractivity contribution < 1.29 is 27.1 Å². The molecular weight excluding hydrogens is 777 g/mol. The molecule has 1 atom stereocenters. The summed E-state index contributed by atoms with van der Waals surface area (Å²) in [6.45, 7) is 15.1. The number of carbonyl (C=O) groups excluding carboxylic acids is 1. The van der Waals surface area contributed by atoms with Gasteiger partial charge in [-0.3, -0.25) is 9.35 Å². The zero-order chi connectivity index (χ0) is 42.8. The lowest BCUT2D eigenvalue weighted by Gasteiger charge is -2.30. The van der Waals surface area contributed by atoms with Gasteiger partial charge in [-0.25, -0.2) is 4.98 Å². The van der Waals surface area contributed by atoms with E-state index in [4.69, 9.17) is 10.5 Å². The van der Waals surface area contributed by atoms with E-state index in [1.54, 1.807) is 12.1 Å². The summed E-state index contributed by atoms with van der Waals surface area (Å²) in [5, 5.41) is 3.04. The highest BCUT2D eigenvalue weighted by atomic mass is 32.2. The lowest BCUT2D eigenvalue weighted by molar-refractivity contribution is -0.433. The SMILES string of the molecule is CCN1/C(=C/C=C/C=C/C2=[N+](CC)c3ccc(C)cc3C2(C)C)C(C)(CCCC(=O)NCc2ccc(COc3nc(N)nc4[nH]cnc34)cc2)c2cc(S(=O)(=O)O)ccc21. The second-order valence-corrected chi connectivity index (χ2v) is 17.4. The highest BCUT2D eigenvalue weighted by Crippen LogP contribution is 2.51. The van der Waals surface area contributed by atoms with Gasteiger partial charge in [0.2, 0.25) is 23.4 Å². The Hall–Kier alpha value is -6.12. The average Bonchev–Trinajstić information content (AvgIpc) is 3.84. The highest BCUT2D eigenvalue weighted by molar-refractivity contribution is 7.85. The zero-order valence-corrected chi connectivity index (χ0v) is 35.8. The maximum absolute atomic E-state index is 13.2. The second kappa shape index (κ2) is 16.9. The third kappa shape index (κ3) is 8.34. The monoisotopic (exact) mass is 829 g/mol. The Kier molecular flexibility index (Phi) is 11.8. The largest absolute Gasteiger partial charge is 0.471 e. The predicted molar refractivity (Wildman–Crippen MR) is 235 cm³/mol. The van der Waals surface area contributed by atoms with Crippen LogP contribution in [-0.4, -0.2) is 62.2 Å². The number of nitrogen functional groups attached to an aromatic ring is 1. The molecule has 0 bridgehead atoms. The third-order valence-corrected chi connectivity index (χ3v) is 12.5. The fourth-order valence-electron chi connectivity index (χ4n) is 8.51. The molecule has 2 aliphatic rings. The van der Waals surface area contributed by atoms with Crippen molar-refractivity contribution in [1.29, 1.82) is 0 Å². The summed E-state index contributed by atoms with van der Waals surface area (Å²) in [4.78, 5) is 30.6. The quantitative estimate of drug-likeness (QED) is 0.0463.